The smallest absolute Gasteiger partial charge is 0.205 e. The lowest BCUT2D eigenvalue weighted by molar-refractivity contribution is -0.612. The monoisotopic (exact) mass is 270 g/mol. The van der Waals surface area contributed by atoms with Crippen LogP contribution >= 0.6 is 15.9 Å². The van der Waals surface area contributed by atoms with Gasteiger partial charge in [-0.3, -0.25) is 0 Å². The predicted octanol–water partition coefficient (Wildman–Crippen LogP) is 2.38. The van der Waals surface area contributed by atoms with Gasteiger partial charge >= 0.3 is 0 Å². The summed E-state index contributed by atoms with van der Waals surface area (Å²) in [4.78, 5) is 2.35. The van der Waals surface area contributed by atoms with E-state index in [1.807, 2.05) is 13.0 Å². The Morgan fingerprint density at radius 1 is 1.33 bits per heavy atom. The Morgan fingerprint density at radius 3 is 2.67 bits per heavy atom. The molecule has 0 atom stereocenters. The molecule has 82 valence electrons. The lowest BCUT2D eigenvalue weighted by Crippen LogP contribution is -2.34. The minimum atomic E-state index is 0.734. The molecule has 1 aromatic rings. The molecule has 0 bridgehead atoms. The van der Waals surface area contributed by atoms with Gasteiger partial charge in [0.05, 0.1) is 5.69 Å². The number of hydrogen-bond donors (Lipinski definition) is 0. The van der Waals surface area contributed by atoms with Crippen molar-refractivity contribution in [3.8, 4) is 0 Å². The lowest BCUT2D eigenvalue weighted by Gasteiger charge is -2.29. The van der Waals surface area contributed by atoms with Crippen molar-refractivity contribution in [1.29, 1.82) is 0 Å². The SMILES string of the molecule is Cc1c(Br)c(N2CCCCC2)cc[n+]1[O-]. The van der Waals surface area contributed by atoms with Crippen molar-refractivity contribution in [2.24, 2.45) is 0 Å². The van der Waals surface area contributed by atoms with E-state index in [2.05, 4.69) is 20.8 Å². The van der Waals surface area contributed by atoms with Gasteiger partial charge in [-0.25, -0.2) is 0 Å². The maximum absolute atomic E-state index is 11.3. The number of anilines is 1. The number of hydrogen-bond acceptors (Lipinski definition) is 2. The standard InChI is InChI=1S/C11H15BrN2O/c1-9-11(12)10(5-8-14(9)15)13-6-3-2-4-7-13/h5,8H,2-4,6-7H2,1H3. The molecule has 15 heavy (non-hydrogen) atoms. The van der Waals surface area contributed by atoms with Crippen LogP contribution in [-0.2, 0) is 0 Å². The second kappa shape index (κ2) is 4.39. The molecule has 3 nitrogen and oxygen atoms in total. The molecule has 0 aliphatic carbocycles. The Labute approximate surface area is 98.4 Å². The van der Waals surface area contributed by atoms with E-state index in [-0.39, 0.29) is 0 Å². The molecule has 1 saturated heterocycles. The third-order valence-electron chi connectivity index (χ3n) is 2.94. The van der Waals surface area contributed by atoms with Gasteiger partial charge in [-0.15, -0.1) is 0 Å². The van der Waals surface area contributed by atoms with E-state index in [1.54, 1.807) is 6.20 Å². The number of pyridine rings is 1. The van der Waals surface area contributed by atoms with Crippen molar-refractivity contribution >= 4 is 21.6 Å². The molecule has 1 aliphatic rings. The molecule has 0 spiro atoms. The van der Waals surface area contributed by atoms with Crippen LogP contribution < -0.4 is 9.63 Å². The van der Waals surface area contributed by atoms with Crippen molar-refractivity contribution < 1.29 is 4.73 Å². The molecular formula is C11H15BrN2O. The summed E-state index contributed by atoms with van der Waals surface area (Å²) >= 11 is 3.50. The number of aromatic nitrogens is 1. The van der Waals surface area contributed by atoms with E-state index in [0.717, 1.165) is 33.7 Å². The van der Waals surface area contributed by atoms with Crippen LogP contribution in [0.1, 0.15) is 25.0 Å². The Hall–Kier alpha value is -0.770. The first kappa shape index (κ1) is 10.7. The summed E-state index contributed by atoms with van der Waals surface area (Å²) in [7, 11) is 0. The number of rotatable bonds is 1. The largest absolute Gasteiger partial charge is 0.618 e. The zero-order valence-corrected chi connectivity index (χ0v) is 10.5. The van der Waals surface area contributed by atoms with Gasteiger partial charge in [0.1, 0.15) is 4.47 Å². The van der Waals surface area contributed by atoms with Gasteiger partial charge in [-0.1, -0.05) is 0 Å². The summed E-state index contributed by atoms with van der Waals surface area (Å²) in [6.07, 6.45) is 5.40. The molecule has 0 unspecified atom stereocenters. The summed E-state index contributed by atoms with van der Waals surface area (Å²) in [6, 6.07) is 1.90. The fourth-order valence-electron chi connectivity index (χ4n) is 1.98. The molecule has 0 aromatic carbocycles. The van der Waals surface area contributed by atoms with Gasteiger partial charge in [0.15, 0.2) is 6.20 Å². The Morgan fingerprint density at radius 2 is 2.00 bits per heavy atom. The Kier molecular flexibility index (Phi) is 3.14. The first-order chi connectivity index (χ1) is 7.20. The molecule has 0 N–H and O–H groups in total. The van der Waals surface area contributed by atoms with Crippen LogP contribution in [0.25, 0.3) is 0 Å². The second-order valence-corrected chi connectivity index (χ2v) is 4.77. The van der Waals surface area contributed by atoms with Crippen LogP contribution in [0.3, 0.4) is 0 Å². The van der Waals surface area contributed by atoms with Gasteiger partial charge < -0.3 is 10.1 Å². The maximum atomic E-state index is 11.3. The minimum absolute atomic E-state index is 0.734. The van der Waals surface area contributed by atoms with Crippen molar-refractivity contribution in [3.63, 3.8) is 0 Å². The normalized spacial score (nSPS) is 16.8. The molecule has 1 aromatic heterocycles. The van der Waals surface area contributed by atoms with E-state index in [0.29, 0.717) is 0 Å². The van der Waals surface area contributed by atoms with Gasteiger partial charge in [0.25, 0.3) is 0 Å². The van der Waals surface area contributed by atoms with E-state index in [1.165, 1.54) is 19.3 Å². The molecule has 0 saturated carbocycles. The second-order valence-electron chi connectivity index (χ2n) is 3.97. The number of piperidine rings is 1. The average Bonchev–Trinajstić information content (AvgIpc) is 2.27. The molecule has 4 heteroatoms. The van der Waals surface area contributed by atoms with Gasteiger partial charge in [0, 0.05) is 26.1 Å². The lowest BCUT2D eigenvalue weighted by atomic mass is 10.1. The molecular weight excluding hydrogens is 256 g/mol. The first-order valence-electron chi connectivity index (χ1n) is 5.33. The van der Waals surface area contributed by atoms with Crippen LogP contribution in [-0.4, -0.2) is 13.1 Å². The summed E-state index contributed by atoms with van der Waals surface area (Å²) in [5.74, 6) is 0. The van der Waals surface area contributed by atoms with Crippen LogP contribution in [0.15, 0.2) is 16.7 Å². The summed E-state index contributed by atoms with van der Waals surface area (Å²) in [5.41, 5.74) is 1.89. The van der Waals surface area contributed by atoms with Crippen molar-refractivity contribution in [1.82, 2.24) is 0 Å². The topological polar surface area (TPSA) is 30.2 Å². The zero-order valence-electron chi connectivity index (χ0n) is 8.87. The predicted molar refractivity (Wildman–Crippen MR) is 63.9 cm³/mol. The third kappa shape index (κ3) is 2.09. The van der Waals surface area contributed by atoms with E-state index in [4.69, 9.17) is 0 Å². The van der Waals surface area contributed by atoms with Crippen molar-refractivity contribution in [2.45, 2.75) is 26.2 Å². The highest BCUT2D eigenvalue weighted by atomic mass is 79.9. The van der Waals surface area contributed by atoms with E-state index in [9.17, 15) is 5.21 Å². The third-order valence-corrected chi connectivity index (χ3v) is 3.92. The fourth-order valence-corrected chi connectivity index (χ4v) is 2.54. The van der Waals surface area contributed by atoms with Gasteiger partial charge in [-0.2, -0.15) is 4.73 Å². The Balaban J connectivity index is 2.31. The van der Waals surface area contributed by atoms with Crippen LogP contribution in [0.5, 0.6) is 0 Å². The number of halogens is 1. The molecule has 0 radical (unpaired) electrons. The molecule has 1 aliphatic heterocycles. The highest BCUT2D eigenvalue weighted by Gasteiger charge is 2.17. The summed E-state index contributed by atoms with van der Waals surface area (Å²) < 4.78 is 1.83. The minimum Gasteiger partial charge on any atom is -0.618 e. The van der Waals surface area contributed by atoms with Crippen LogP contribution in [0.4, 0.5) is 5.69 Å². The van der Waals surface area contributed by atoms with Crippen molar-refractivity contribution in [3.05, 3.63) is 27.6 Å². The van der Waals surface area contributed by atoms with Gasteiger partial charge in [0.2, 0.25) is 5.69 Å². The summed E-state index contributed by atoms with van der Waals surface area (Å²) in [5, 5.41) is 11.3. The van der Waals surface area contributed by atoms with E-state index >= 15 is 0 Å². The Bertz CT molecular complexity index is 362. The molecule has 2 heterocycles. The van der Waals surface area contributed by atoms with Gasteiger partial charge in [-0.05, 0) is 35.2 Å². The molecule has 2 rings (SSSR count). The molecule has 1 fully saturated rings. The highest BCUT2D eigenvalue weighted by molar-refractivity contribution is 9.10. The quantitative estimate of drug-likeness (QED) is 0.580. The first-order valence-corrected chi connectivity index (χ1v) is 6.12. The average molecular weight is 271 g/mol. The highest BCUT2D eigenvalue weighted by Crippen LogP contribution is 2.29. The van der Waals surface area contributed by atoms with E-state index < -0.39 is 0 Å². The fraction of sp³-hybridized carbons (Fsp3) is 0.545. The zero-order chi connectivity index (χ0) is 10.8. The van der Waals surface area contributed by atoms with Crippen LogP contribution in [0.2, 0.25) is 0 Å². The van der Waals surface area contributed by atoms with Crippen LogP contribution in [0, 0.1) is 12.1 Å². The maximum Gasteiger partial charge on any atom is 0.205 e. The van der Waals surface area contributed by atoms with Crippen molar-refractivity contribution in [2.75, 3.05) is 18.0 Å². The molecule has 0 amide bonds. The number of nitrogens with zero attached hydrogens (tertiary/aromatic N) is 2. The summed E-state index contributed by atoms with van der Waals surface area (Å²) in [6.45, 7) is 4.03.